The van der Waals surface area contributed by atoms with Gasteiger partial charge in [0.15, 0.2) is 0 Å². The Kier molecular flexibility index (Phi) is 5.76. The molecule has 0 unspecified atom stereocenters. The van der Waals surface area contributed by atoms with Crippen molar-refractivity contribution in [2.24, 2.45) is 0 Å². The summed E-state index contributed by atoms with van der Waals surface area (Å²) in [4.78, 5) is 16.5. The first kappa shape index (κ1) is 16.0. The van der Waals surface area contributed by atoms with Gasteiger partial charge in [-0.2, -0.15) is 0 Å². The Morgan fingerprint density at radius 1 is 1.14 bits per heavy atom. The molecule has 1 saturated heterocycles. The number of benzene rings is 1. The highest BCUT2D eigenvalue weighted by Gasteiger charge is 2.18. The van der Waals surface area contributed by atoms with Crippen LogP contribution in [0.15, 0.2) is 24.3 Å². The fraction of sp³-hybridized carbons (Fsp3) is 0.529. The SMILES string of the molecule is COC(=O)c1cccc(CN2CCN(C[C](C)C)CC2)c1. The van der Waals surface area contributed by atoms with Crippen molar-refractivity contribution in [2.45, 2.75) is 20.4 Å². The fourth-order valence-corrected chi connectivity index (χ4v) is 2.73. The van der Waals surface area contributed by atoms with Crippen LogP contribution < -0.4 is 0 Å². The second-order valence-electron chi connectivity index (χ2n) is 5.95. The Balaban J connectivity index is 1.87. The summed E-state index contributed by atoms with van der Waals surface area (Å²) < 4.78 is 4.77. The first-order chi connectivity index (χ1) is 10.1. The maximum Gasteiger partial charge on any atom is 0.337 e. The predicted octanol–water partition coefficient (Wildman–Crippen LogP) is 2.21. The summed E-state index contributed by atoms with van der Waals surface area (Å²) in [6.45, 7) is 10.8. The summed E-state index contributed by atoms with van der Waals surface area (Å²) in [5.41, 5.74) is 1.80. The maximum atomic E-state index is 11.6. The molecule has 0 bridgehead atoms. The van der Waals surface area contributed by atoms with Crippen molar-refractivity contribution < 1.29 is 9.53 Å². The molecule has 0 saturated carbocycles. The van der Waals surface area contributed by atoms with Gasteiger partial charge >= 0.3 is 5.97 Å². The van der Waals surface area contributed by atoms with Crippen LogP contribution in [0.4, 0.5) is 0 Å². The number of hydrogen-bond donors (Lipinski definition) is 0. The molecule has 1 fully saturated rings. The van der Waals surface area contributed by atoms with Crippen molar-refractivity contribution in [3.05, 3.63) is 41.3 Å². The zero-order chi connectivity index (χ0) is 15.2. The molecule has 0 atom stereocenters. The largest absolute Gasteiger partial charge is 0.465 e. The van der Waals surface area contributed by atoms with E-state index >= 15 is 0 Å². The van der Waals surface area contributed by atoms with E-state index in [1.165, 1.54) is 18.6 Å². The van der Waals surface area contributed by atoms with E-state index in [1.54, 1.807) is 6.07 Å². The molecule has 0 N–H and O–H groups in total. The lowest BCUT2D eigenvalue weighted by Crippen LogP contribution is -2.46. The normalized spacial score (nSPS) is 17.1. The lowest BCUT2D eigenvalue weighted by molar-refractivity contribution is 0.0600. The minimum absolute atomic E-state index is 0.268. The third-order valence-electron chi connectivity index (χ3n) is 3.76. The standard InChI is InChI=1S/C17H25N2O2/c1-14(2)12-18-7-9-19(10-8-18)13-15-5-4-6-16(11-15)17(20)21-3/h4-6,11H,7-10,12-13H2,1-3H3. The Morgan fingerprint density at radius 3 is 2.43 bits per heavy atom. The summed E-state index contributed by atoms with van der Waals surface area (Å²) in [5, 5.41) is 0. The Labute approximate surface area is 127 Å². The van der Waals surface area contributed by atoms with Gasteiger partial charge in [0, 0.05) is 39.3 Å². The van der Waals surface area contributed by atoms with Crippen LogP contribution in [0.1, 0.15) is 29.8 Å². The van der Waals surface area contributed by atoms with Crippen LogP contribution in [0.25, 0.3) is 0 Å². The molecule has 1 radical (unpaired) electrons. The van der Waals surface area contributed by atoms with Gasteiger partial charge in [-0.05, 0) is 23.6 Å². The van der Waals surface area contributed by atoms with Gasteiger partial charge in [-0.25, -0.2) is 4.79 Å². The van der Waals surface area contributed by atoms with Crippen LogP contribution in [0.2, 0.25) is 0 Å². The third kappa shape index (κ3) is 4.83. The van der Waals surface area contributed by atoms with Crippen molar-refractivity contribution in [1.82, 2.24) is 9.80 Å². The summed E-state index contributed by atoms with van der Waals surface area (Å²) in [6, 6.07) is 7.73. The zero-order valence-electron chi connectivity index (χ0n) is 13.3. The first-order valence-corrected chi connectivity index (χ1v) is 7.49. The Bertz CT molecular complexity index is 466. The molecular formula is C17H25N2O2. The van der Waals surface area contributed by atoms with E-state index < -0.39 is 0 Å². The Morgan fingerprint density at radius 2 is 1.81 bits per heavy atom. The highest BCUT2D eigenvalue weighted by Crippen LogP contribution is 2.12. The van der Waals surface area contributed by atoms with Crippen LogP contribution >= 0.6 is 0 Å². The van der Waals surface area contributed by atoms with Crippen molar-refractivity contribution in [3.8, 4) is 0 Å². The number of methoxy groups -OCH3 is 1. The summed E-state index contributed by atoms with van der Waals surface area (Å²) >= 11 is 0. The molecule has 1 aromatic rings. The molecular weight excluding hydrogens is 264 g/mol. The number of hydrogen-bond acceptors (Lipinski definition) is 4. The predicted molar refractivity (Wildman–Crippen MR) is 84.1 cm³/mol. The molecule has 21 heavy (non-hydrogen) atoms. The molecule has 1 aliphatic rings. The number of carbonyl (C=O) groups is 1. The van der Waals surface area contributed by atoms with Crippen molar-refractivity contribution in [1.29, 1.82) is 0 Å². The average Bonchev–Trinajstić information content (AvgIpc) is 2.48. The van der Waals surface area contributed by atoms with Crippen molar-refractivity contribution in [2.75, 3.05) is 39.8 Å². The molecule has 0 amide bonds. The number of carbonyl (C=O) groups excluding carboxylic acids is 1. The van der Waals surface area contributed by atoms with Crippen LogP contribution in [-0.4, -0.2) is 55.6 Å². The van der Waals surface area contributed by atoms with E-state index in [0.29, 0.717) is 5.56 Å². The van der Waals surface area contributed by atoms with E-state index in [2.05, 4.69) is 29.7 Å². The zero-order valence-corrected chi connectivity index (χ0v) is 13.3. The number of rotatable bonds is 5. The molecule has 1 heterocycles. The number of esters is 1. The molecule has 115 valence electrons. The van der Waals surface area contributed by atoms with Gasteiger partial charge in [0.25, 0.3) is 0 Å². The number of ether oxygens (including phenoxy) is 1. The molecule has 0 aliphatic carbocycles. The van der Waals surface area contributed by atoms with E-state index in [9.17, 15) is 4.79 Å². The minimum atomic E-state index is -0.268. The number of nitrogens with zero attached hydrogens (tertiary/aromatic N) is 2. The van der Waals surface area contributed by atoms with Crippen LogP contribution in [-0.2, 0) is 11.3 Å². The van der Waals surface area contributed by atoms with Gasteiger partial charge in [0.1, 0.15) is 0 Å². The van der Waals surface area contributed by atoms with E-state index in [4.69, 9.17) is 4.74 Å². The number of piperazine rings is 1. The highest BCUT2D eigenvalue weighted by molar-refractivity contribution is 5.89. The second-order valence-corrected chi connectivity index (χ2v) is 5.95. The van der Waals surface area contributed by atoms with Gasteiger partial charge in [-0.15, -0.1) is 0 Å². The molecule has 1 aromatic carbocycles. The monoisotopic (exact) mass is 289 g/mol. The maximum absolute atomic E-state index is 11.6. The van der Waals surface area contributed by atoms with Crippen LogP contribution in [0.5, 0.6) is 0 Å². The summed E-state index contributed by atoms with van der Waals surface area (Å²) in [5.74, 6) is 1.20. The second kappa shape index (κ2) is 7.57. The quantitative estimate of drug-likeness (QED) is 0.778. The van der Waals surface area contributed by atoms with Crippen molar-refractivity contribution >= 4 is 5.97 Å². The van der Waals surface area contributed by atoms with Gasteiger partial charge in [-0.1, -0.05) is 26.0 Å². The van der Waals surface area contributed by atoms with E-state index in [0.717, 1.165) is 39.3 Å². The molecule has 4 heteroatoms. The molecule has 1 aliphatic heterocycles. The molecule has 0 spiro atoms. The topological polar surface area (TPSA) is 32.8 Å². The molecule has 2 rings (SSSR count). The highest BCUT2D eigenvalue weighted by atomic mass is 16.5. The third-order valence-corrected chi connectivity index (χ3v) is 3.76. The molecule has 0 aromatic heterocycles. The first-order valence-electron chi connectivity index (χ1n) is 7.49. The van der Waals surface area contributed by atoms with Crippen LogP contribution in [0.3, 0.4) is 0 Å². The lowest BCUT2D eigenvalue weighted by Gasteiger charge is -2.35. The summed E-state index contributed by atoms with van der Waals surface area (Å²) in [6.07, 6.45) is 0. The van der Waals surface area contributed by atoms with Crippen molar-refractivity contribution in [3.63, 3.8) is 0 Å². The lowest BCUT2D eigenvalue weighted by atomic mass is 10.1. The van der Waals surface area contributed by atoms with Gasteiger partial charge < -0.3 is 9.64 Å². The van der Waals surface area contributed by atoms with Crippen LogP contribution in [0, 0.1) is 5.92 Å². The molecule has 4 nitrogen and oxygen atoms in total. The van der Waals surface area contributed by atoms with Gasteiger partial charge in [-0.3, -0.25) is 4.90 Å². The van der Waals surface area contributed by atoms with E-state index in [1.807, 2.05) is 12.1 Å². The Hall–Kier alpha value is -1.39. The van der Waals surface area contributed by atoms with Gasteiger partial charge in [0.05, 0.1) is 12.7 Å². The summed E-state index contributed by atoms with van der Waals surface area (Å²) in [7, 11) is 1.42. The minimum Gasteiger partial charge on any atom is -0.465 e. The van der Waals surface area contributed by atoms with Gasteiger partial charge in [0.2, 0.25) is 0 Å². The smallest absolute Gasteiger partial charge is 0.337 e. The van der Waals surface area contributed by atoms with E-state index in [-0.39, 0.29) is 5.97 Å². The fourth-order valence-electron chi connectivity index (χ4n) is 2.73. The average molecular weight is 289 g/mol.